The molecule has 1 aromatic carbocycles. The molecule has 1 aliphatic rings. The maximum absolute atomic E-state index is 12.2. The molecule has 0 saturated carbocycles. The number of Topliss-reactive ketones (excluding diaryl/α,β-unsaturated/α-hetero) is 1. The van der Waals surface area contributed by atoms with Gasteiger partial charge in [0.25, 0.3) is 0 Å². The zero-order valence-corrected chi connectivity index (χ0v) is 13.9. The summed E-state index contributed by atoms with van der Waals surface area (Å²) in [5.41, 5.74) is 3.63. The number of hydrogen-bond acceptors (Lipinski definition) is 1. The van der Waals surface area contributed by atoms with Gasteiger partial charge < -0.3 is 0 Å². The van der Waals surface area contributed by atoms with Crippen LogP contribution < -0.4 is 10.4 Å². The van der Waals surface area contributed by atoms with Crippen molar-refractivity contribution in [1.82, 2.24) is 0 Å². The molecule has 2 rings (SSSR count). The standard InChI is InChI=1S/C15H22OSi2/c1-5-6-7-13(16)12-9-15-14(8-11(12)2)17(3)10-18(15)4/h8-9H,5-7,10H2,1-4H3. The monoisotopic (exact) mass is 274 g/mol. The maximum atomic E-state index is 12.2. The molecule has 18 heavy (non-hydrogen) atoms. The Hall–Kier alpha value is -0.676. The first-order valence-electron chi connectivity index (χ1n) is 6.88. The van der Waals surface area contributed by atoms with Crippen LogP contribution in [-0.4, -0.2) is 23.4 Å². The molecule has 0 bridgehead atoms. The molecule has 1 heterocycles. The fourth-order valence-electron chi connectivity index (χ4n) is 2.77. The van der Waals surface area contributed by atoms with Gasteiger partial charge in [0.2, 0.25) is 0 Å². The summed E-state index contributed by atoms with van der Waals surface area (Å²) >= 11 is 0. The zero-order chi connectivity index (χ0) is 13.3. The minimum atomic E-state index is -0.361. The van der Waals surface area contributed by atoms with Crippen LogP contribution in [0.5, 0.6) is 0 Å². The Morgan fingerprint density at radius 1 is 1.22 bits per heavy atom. The van der Waals surface area contributed by atoms with Gasteiger partial charge >= 0.3 is 0 Å². The molecule has 0 N–H and O–H groups in total. The van der Waals surface area contributed by atoms with Gasteiger partial charge in [0.15, 0.2) is 5.78 Å². The number of unbranched alkanes of at least 4 members (excludes halogenated alkanes) is 1. The van der Waals surface area contributed by atoms with Crippen LogP contribution in [0.2, 0.25) is 18.8 Å². The molecule has 1 aromatic rings. The Morgan fingerprint density at radius 2 is 1.83 bits per heavy atom. The van der Waals surface area contributed by atoms with Gasteiger partial charge in [-0.25, -0.2) is 0 Å². The average Bonchev–Trinajstić information content (AvgIpc) is 2.60. The van der Waals surface area contributed by atoms with Gasteiger partial charge in [-0.2, -0.15) is 0 Å². The van der Waals surface area contributed by atoms with Crippen LogP contribution in [0, 0.1) is 6.92 Å². The second-order valence-corrected chi connectivity index (χ2v) is 11.1. The number of rotatable bonds is 4. The summed E-state index contributed by atoms with van der Waals surface area (Å²) in [6.07, 6.45) is 2.83. The predicted molar refractivity (Wildman–Crippen MR) is 82.3 cm³/mol. The summed E-state index contributed by atoms with van der Waals surface area (Å²) in [4.78, 5) is 12.2. The third-order valence-corrected chi connectivity index (χ3v) is 11.0. The third kappa shape index (κ3) is 2.52. The highest BCUT2D eigenvalue weighted by molar-refractivity contribution is 6.98. The molecule has 0 amide bonds. The number of carbonyl (C=O) groups is 1. The maximum Gasteiger partial charge on any atom is 0.163 e. The van der Waals surface area contributed by atoms with Gasteiger partial charge in [0.05, 0.1) is 17.6 Å². The van der Waals surface area contributed by atoms with Gasteiger partial charge in [-0.1, -0.05) is 54.6 Å². The third-order valence-electron chi connectivity index (χ3n) is 3.87. The molecule has 1 nitrogen and oxygen atoms in total. The Morgan fingerprint density at radius 3 is 2.44 bits per heavy atom. The van der Waals surface area contributed by atoms with Gasteiger partial charge in [-0.05, 0) is 18.9 Å². The van der Waals surface area contributed by atoms with Crippen molar-refractivity contribution in [3.8, 4) is 0 Å². The SMILES string of the molecule is CCCCC(=O)c1cc2c(cc1C)[Si](C)C[Si]2C. The quantitative estimate of drug-likeness (QED) is 0.609. The highest BCUT2D eigenvalue weighted by Gasteiger charge is 2.29. The molecule has 0 spiro atoms. The van der Waals surface area contributed by atoms with Crippen molar-refractivity contribution in [1.29, 1.82) is 0 Å². The number of hydrogen-bond donors (Lipinski definition) is 0. The minimum absolute atomic E-state index is 0.309. The second kappa shape index (κ2) is 5.53. The van der Waals surface area contributed by atoms with Crippen molar-refractivity contribution >= 4 is 33.8 Å². The van der Waals surface area contributed by atoms with Crippen LogP contribution in [-0.2, 0) is 0 Å². The summed E-state index contributed by atoms with van der Waals surface area (Å²) in [7, 11) is -0.670. The van der Waals surface area contributed by atoms with Gasteiger partial charge in [-0.3, -0.25) is 4.79 Å². The molecular weight excluding hydrogens is 252 g/mol. The van der Waals surface area contributed by atoms with E-state index in [4.69, 9.17) is 0 Å². The van der Waals surface area contributed by atoms with E-state index in [1.807, 2.05) is 0 Å². The lowest BCUT2D eigenvalue weighted by atomic mass is 10.0. The molecule has 0 unspecified atom stereocenters. The van der Waals surface area contributed by atoms with Crippen LogP contribution in [0.15, 0.2) is 12.1 Å². The number of aryl methyl sites for hydroxylation is 1. The molecular formula is C15H22OSi2. The van der Waals surface area contributed by atoms with Gasteiger partial charge in [0, 0.05) is 12.0 Å². The molecule has 1 aliphatic heterocycles. The van der Waals surface area contributed by atoms with Crippen LogP contribution in [0.25, 0.3) is 0 Å². The summed E-state index contributed by atoms with van der Waals surface area (Å²) < 4.78 is 0. The molecule has 3 heteroatoms. The lowest BCUT2D eigenvalue weighted by Crippen LogP contribution is -2.35. The topological polar surface area (TPSA) is 17.1 Å². The van der Waals surface area contributed by atoms with E-state index in [-0.39, 0.29) is 17.6 Å². The van der Waals surface area contributed by atoms with Crippen molar-refractivity contribution in [3.05, 3.63) is 23.3 Å². The normalized spacial score (nSPS) is 16.0. The highest BCUT2D eigenvalue weighted by Crippen LogP contribution is 2.15. The Bertz CT molecular complexity index is 468. The lowest BCUT2D eigenvalue weighted by molar-refractivity contribution is 0.0979. The lowest BCUT2D eigenvalue weighted by Gasteiger charge is -2.11. The van der Waals surface area contributed by atoms with E-state index >= 15 is 0 Å². The fourth-order valence-corrected chi connectivity index (χ4v) is 10.7. The average molecular weight is 275 g/mol. The van der Waals surface area contributed by atoms with Gasteiger partial charge in [0.1, 0.15) is 0 Å². The van der Waals surface area contributed by atoms with E-state index < -0.39 is 0 Å². The highest BCUT2D eigenvalue weighted by atomic mass is 28.3. The molecule has 0 saturated heterocycles. The predicted octanol–water partition coefficient (Wildman–Crippen LogP) is 2.58. The molecule has 0 aromatic heterocycles. The van der Waals surface area contributed by atoms with Gasteiger partial charge in [-0.15, -0.1) is 0 Å². The Labute approximate surface area is 114 Å². The van der Waals surface area contributed by atoms with Crippen LogP contribution >= 0.6 is 0 Å². The van der Waals surface area contributed by atoms with Crippen molar-refractivity contribution in [3.63, 3.8) is 0 Å². The second-order valence-electron chi connectivity index (χ2n) is 5.48. The largest absolute Gasteiger partial charge is 0.294 e. The number of benzene rings is 1. The first-order valence-corrected chi connectivity index (χ1v) is 11.3. The van der Waals surface area contributed by atoms with Crippen LogP contribution in [0.4, 0.5) is 0 Å². The van der Waals surface area contributed by atoms with E-state index in [1.54, 1.807) is 10.4 Å². The smallest absolute Gasteiger partial charge is 0.163 e. The van der Waals surface area contributed by atoms with E-state index in [0.29, 0.717) is 12.2 Å². The molecule has 0 aliphatic carbocycles. The molecule has 0 fully saturated rings. The summed E-state index contributed by atoms with van der Waals surface area (Å²) in [6.45, 7) is 9.07. The fraction of sp³-hybridized carbons (Fsp3) is 0.533. The van der Waals surface area contributed by atoms with Crippen LogP contribution in [0.1, 0.15) is 42.1 Å². The first kappa shape index (κ1) is 13.7. The zero-order valence-electron chi connectivity index (χ0n) is 11.9. The summed E-state index contributed by atoms with van der Waals surface area (Å²) in [6, 6.07) is 4.57. The van der Waals surface area contributed by atoms with E-state index in [0.717, 1.165) is 18.4 Å². The van der Waals surface area contributed by atoms with E-state index in [9.17, 15) is 4.79 Å². The first-order chi connectivity index (χ1) is 8.54. The molecule has 0 atom stereocenters. The van der Waals surface area contributed by atoms with Crippen LogP contribution in [0.3, 0.4) is 0 Å². The van der Waals surface area contributed by atoms with E-state index in [1.165, 1.54) is 11.2 Å². The van der Waals surface area contributed by atoms with E-state index in [2.05, 4.69) is 39.1 Å². The minimum Gasteiger partial charge on any atom is -0.294 e. The number of fused-ring (bicyclic) bond motifs is 1. The number of ketones is 1. The molecule has 96 valence electrons. The van der Waals surface area contributed by atoms with Crippen molar-refractivity contribution < 1.29 is 4.79 Å². The van der Waals surface area contributed by atoms with Crippen molar-refractivity contribution in [2.24, 2.45) is 0 Å². The molecule has 2 radical (unpaired) electrons. The summed E-state index contributed by atoms with van der Waals surface area (Å²) in [5.74, 6) is 0.351. The Kier molecular flexibility index (Phi) is 4.23. The van der Waals surface area contributed by atoms with Crippen molar-refractivity contribution in [2.45, 2.75) is 51.9 Å². The summed E-state index contributed by atoms with van der Waals surface area (Å²) in [5, 5.41) is 3.17. The van der Waals surface area contributed by atoms with Crippen molar-refractivity contribution in [2.75, 3.05) is 0 Å². The Balaban J connectivity index is 2.34. The number of carbonyl (C=O) groups excluding carboxylic acids is 1.